The summed E-state index contributed by atoms with van der Waals surface area (Å²) in [5, 5.41) is 2.67. The number of carbonyl (C=O) groups is 2. The summed E-state index contributed by atoms with van der Waals surface area (Å²) >= 11 is 0. The molecule has 1 N–H and O–H groups in total. The number of anilines is 1. The van der Waals surface area contributed by atoms with Crippen molar-refractivity contribution in [3.8, 4) is 0 Å². The van der Waals surface area contributed by atoms with Gasteiger partial charge in [-0.15, -0.1) is 0 Å². The van der Waals surface area contributed by atoms with E-state index in [0.29, 0.717) is 5.76 Å². The average molecular weight is 348 g/mol. The van der Waals surface area contributed by atoms with Crippen LogP contribution < -0.4 is 9.62 Å². The van der Waals surface area contributed by atoms with Crippen molar-refractivity contribution in [2.24, 2.45) is 5.92 Å². The van der Waals surface area contributed by atoms with Crippen LogP contribution in [-0.2, 0) is 21.4 Å². The lowest BCUT2D eigenvalue weighted by Crippen LogP contribution is -2.30. The molecule has 1 aromatic carbocycles. The predicted molar refractivity (Wildman–Crippen MR) is 86.8 cm³/mol. The SMILES string of the molecule is CC1CS(=O)(=O)N(c2cccc(C(=O)NCc3ccco3)c2)C1=O. The number of benzene rings is 1. The molecular weight excluding hydrogens is 332 g/mol. The van der Waals surface area contributed by atoms with Gasteiger partial charge in [-0.3, -0.25) is 9.59 Å². The molecule has 8 heteroatoms. The summed E-state index contributed by atoms with van der Waals surface area (Å²) in [4.78, 5) is 24.3. The highest BCUT2D eigenvalue weighted by molar-refractivity contribution is 7.94. The summed E-state index contributed by atoms with van der Waals surface area (Å²) in [5.41, 5.74) is 0.441. The van der Waals surface area contributed by atoms with E-state index < -0.39 is 21.8 Å². The van der Waals surface area contributed by atoms with Crippen LogP contribution in [0, 0.1) is 5.92 Å². The number of rotatable bonds is 4. The molecule has 1 saturated heterocycles. The van der Waals surface area contributed by atoms with Gasteiger partial charge in [0.2, 0.25) is 15.9 Å². The number of carbonyl (C=O) groups excluding carboxylic acids is 2. The van der Waals surface area contributed by atoms with Gasteiger partial charge in [0.05, 0.1) is 30.2 Å². The maximum atomic E-state index is 12.2. The third-order valence-corrected chi connectivity index (χ3v) is 5.57. The predicted octanol–water partition coefficient (Wildman–Crippen LogP) is 1.52. The Morgan fingerprint density at radius 3 is 2.75 bits per heavy atom. The zero-order valence-electron chi connectivity index (χ0n) is 12.9. The molecule has 0 aliphatic carbocycles. The lowest BCUT2D eigenvalue weighted by atomic mass is 10.1. The number of hydrogen-bond donors (Lipinski definition) is 1. The van der Waals surface area contributed by atoms with Gasteiger partial charge >= 0.3 is 0 Å². The van der Waals surface area contributed by atoms with Crippen molar-refractivity contribution in [1.29, 1.82) is 0 Å². The number of furan rings is 1. The van der Waals surface area contributed by atoms with Crippen LogP contribution in [0.1, 0.15) is 23.0 Å². The molecule has 2 aromatic rings. The molecule has 0 bridgehead atoms. The van der Waals surface area contributed by atoms with Crippen LogP contribution in [0.25, 0.3) is 0 Å². The molecule has 2 amide bonds. The summed E-state index contributed by atoms with van der Waals surface area (Å²) in [5.74, 6) is -1.08. The monoisotopic (exact) mass is 348 g/mol. The molecule has 1 aliphatic rings. The summed E-state index contributed by atoms with van der Waals surface area (Å²) in [6.07, 6.45) is 1.51. The zero-order valence-corrected chi connectivity index (χ0v) is 13.7. The van der Waals surface area contributed by atoms with Crippen molar-refractivity contribution in [3.05, 3.63) is 54.0 Å². The van der Waals surface area contributed by atoms with E-state index in [1.807, 2.05) is 0 Å². The molecule has 0 spiro atoms. The van der Waals surface area contributed by atoms with Crippen molar-refractivity contribution in [3.63, 3.8) is 0 Å². The van der Waals surface area contributed by atoms with Crippen LogP contribution in [-0.4, -0.2) is 26.0 Å². The number of hydrogen-bond acceptors (Lipinski definition) is 5. The zero-order chi connectivity index (χ0) is 17.3. The lowest BCUT2D eigenvalue weighted by Gasteiger charge is -2.16. The lowest BCUT2D eigenvalue weighted by molar-refractivity contribution is -0.119. The van der Waals surface area contributed by atoms with Crippen molar-refractivity contribution in [1.82, 2.24) is 5.32 Å². The first-order valence-electron chi connectivity index (χ1n) is 7.36. The largest absolute Gasteiger partial charge is 0.467 e. The fourth-order valence-electron chi connectivity index (χ4n) is 2.54. The molecule has 126 valence electrons. The Morgan fingerprint density at radius 1 is 1.33 bits per heavy atom. The molecule has 1 fully saturated rings. The second-order valence-corrected chi connectivity index (χ2v) is 7.46. The van der Waals surface area contributed by atoms with Gasteiger partial charge in [-0.1, -0.05) is 13.0 Å². The molecule has 24 heavy (non-hydrogen) atoms. The number of sulfonamides is 1. The first-order chi connectivity index (χ1) is 11.4. The summed E-state index contributed by atoms with van der Waals surface area (Å²) in [6, 6.07) is 9.43. The normalized spacial score (nSPS) is 19.5. The van der Waals surface area contributed by atoms with Gasteiger partial charge in [0.15, 0.2) is 0 Å². The fourth-order valence-corrected chi connectivity index (χ4v) is 4.36. The number of nitrogens with one attached hydrogen (secondary N) is 1. The van der Waals surface area contributed by atoms with E-state index in [-0.39, 0.29) is 29.5 Å². The first kappa shape index (κ1) is 16.3. The number of nitrogens with zero attached hydrogens (tertiary/aromatic N) is 1. The van der Waals surface area contributed by atoms with Gasteiger partial charge in [-0.05, 0) is 30.3 Å². The Labute approximate surface area is 139 Å². The van der Waals surface area contributed by atoms with Crippen LogP contribution in [0.3, 0.4) is 0 Å². The van der Waals surface area contributed by atoms with Gasteiger partial charge in [-0.25, -0.2) is 12.7 Å². The smallest absolute Gasteiger partial charge is 0.251 e. The highest BCUT2D eigenvalue weighted by Crippen LogP contribution is 2.28. The van der Waals surface area contributed by atoms with Crippen molar-refractivity contribution >= 4 is 27.5 Å². The van der Waals surface area contributed by atoms with Crippen LogP contribution in [0.15, 0.2) is 47.1 Å². The summed E-state index contributed by atoms with van der Waals surface area (Å²) < 4.78 is 30.2. The van der Waals surface area contributed by atoms with Gasteiger partial charge in [0.1, 0.15) is 5.76 Å². The summed E-state index contributed by atoms with van der Waals surface area (Å²) in [6.45, 7) is 1.79. The minimum Gasteiger partial charge on any atom is -0.467 e. The van der Waals surface area contributed by atoms with E-state index >= 15 is 0 Å². The first-order valence-corrected chi connectivity index (χ1v) is 8.97. The Morgan fingerprint density at radius 2 is 2.12 bits per heavy atom. The molecule has 3 rings (SSSR count). The molecule has 1 aromatic heterocycles. The van der Waals surface area contributed by atoms with Crippen molar-refractivity contribution < 1.29 is 22.4 Å². The quantitative estimate of drug-likeness (QED) is 0.904. The molecular formula is C16H16N2O5S. The number of amides is 2. The second-order valence-electron chi connectivity index (χ2n) is 5.59. The van der Waals surface area contributed by atoms with Gasteiger partial charge < -0.3 is 9.73 Å². The van der Waals surface area contributed by atoms with Gasteiger partial charge in [-0.2, -0.15) is 0 Å². The molecule has 1 unspecified atom stereocenters. The second kappa shape index (κ2) is 6.12. The van der Waals surface area contributed by atoms with Crippen LogP contribution in [0.4, 0.5) is 5.69 Å². The van der Waals surface area contributed by atoms with Crippen molar-refractivity contribution in [2.45, 2.75) is 13.5 Å². The average Bonchev–Trinajstić information content (AvgIpc) is 3.11. The van der Waals surface area contributed by atoms with Gasteiger partial charge in [0.25, 0.3) is 5.91 Å². The van der Waals surface area contributed by atoms with E-state index in [1.54, 1.807) is 31.2 Å². The van der Waals surface area contributed by atoms with E-state index in [1.165, 1.54) is 18.4 Å². The van der Waals surface area contributed by atoms with E-state index in [0.717, 1.165) is 4.31 Å². The van der Waals surface area contributed by atoms with Gasteiger partial charge in [0, 0.05) is 5.56 Å². The standard InChI is InChI=1S/C16H16N2O5S/c1-11-10-24(21,22)18(16(11)20)13-5-2-4-12(8-13)15(19)17-9-14-6-3-7-23-14/h2-8,11H,9-10H2,1H3,(H,17,19). The topological polar surface area (TPSA) is 96.7 Å². The molecule has 1 atom stereocenters. The Kier molecular flexibility index (Phi) is 4.15. The molecule has 7 nitrogen and oxygen atoms in total. The molecule has 2 heterocycles. The Balaban J connectivity index is 1.81. The van der Waals surface area contributed by atoms with E-state index in [2.05, 4.69) is 5.32 Å². The van der Waals surface area contributed by atoms with E-state index in [4.69, 9.17) is 4.42 Å². The third-order valence-electron chi connectivity index (χ3n) is 3.71. The highest BCUT2D eigenvalue weighted by Gasteiger charge is 2.42. The fraction of sp³-hybridized carbons (Fsp3) is 0.250. The van der Waals surface area contributed by atoms with Crippen molar-refractivity contribution in [2.75, 3.05) is 10.1 Å². The maximum absolute atomic E-state index is 12.2. The van der Waals surface area contributed by atoms with Crippen LogP contribution in [0.2, 0.25) is 0 Å². The molecule has 0 radical (unpaired) electrons. The van der Waals surface area contributed by atoms with Crippen LogP contribution >= 0.6 is 0 Å². The molecule has 1 aliphatic heterocycles. The maximum Gasteiger partial charge on any atom is 0.251 e. The van der Waals surface area contributed by atoms with E-state index in [9.17, 15) is 18.0 Å². The Bertz CT molecular complexity index is 874. The van der Waals surface area contributed by atoms with Crippen LogP contribution in [0.5, 0.6) is 0 Å². The Hall–Kier alpha value is -2.61. The minimum atomic E-state index is -3.69. The third kappa shape index (κ3) is 3.05. The molecule has 0 saturated carbocycles. The summed E-state index contributed by atoms with van der Waals surface area (Å²) in [7, 11) is -3.69. The highest BCUT2D eigenvalue weighted by atomic mass is 32.2. The minimum absolute atomic E-state index is 0.176.